The summed E-state index contributed by atoms with van der Waals surface area (Å²) >= 11 is 0. The average molecular weight is 371 g/mol. The molecule has 0 unspecified atom stereocenters. The van der Waals surface area contributed by atoms with E-state index in [0.29, 0.717) is 17.7 Å². The molecule has 0 saturated carbocycles. The average Bonchev–Trinajstić information content (AvgIpc) is 3.24. The highest BCUT2D eigenvalue weighted by Crippen LogP contribution is 2.32. The second-order valence-corrected chi connectivity index (χ2v) is 7.83. The van der Waals surface area contributed by atoms with Crippen LogP contribution >= 0.6 is 0 Å². The summed E-state index contributed by atoms with van der Waals surface area (Å²) in [7, 11) is 1.87. The predicted molar refractivity (Wildman–Crippen MR) is 102 cm³/mol. The lowest BCUT2D eigenvalue weighted by atomic mass is 9.97. The van der Waals surface area contributed by atoms with Crippen LogP contribution in [-0.2, 0) is 11.8 Å². The molecule has 2 saturated heterocycles. The highest BCUT2D eigenvalue weighted by Gasteiger charge is 2.30. The number of rotatable bonds is 3. The summed E-state index contributed by atoms with van der Waals surface area (Å²) in [5.74, 6) is 1.74. The number of likely N-dealkylation sites (tertiary alicyclic amines) is 1. The number of piperidine rings is 1. The number of carbonyl (C=O) groups excluding carboxylic acids is 1. The van der Waals surface area contributed by atoms with E-state index in [1.54, 1.807) is 4.68 Å². The van der Waals surface area contributed by atoms with Gasteiger partial charge in [0.1, 0.15) is 5.82 Å². The minimum atomic E-state index is 0.0455. The van der Waals surface area contributed by atoms with Gasteiger partial charge >= 0.3 is 0 Å². The molecule has 7 heteroatoms. The van der Waals surface area contributed by atoms with E-state index in [4.69, 9.17) is 9.72 Å². The number of carbonyl (C=O) groups is 1. The Morgan fingerprint density at radius 3 is 2.44 bits per heavy atom. The second-order valence-electron chi connectivity index (χ2n) is 7.83. The second kappa shape index (κ2) is 7.46. The number of nitrogens with zero attached hydrogens (tertiary/aromatic N) is 5. The molecule has 0 aromatic carbocycles. The van der Waals surface area contributed by atoms with E-state index in [1.807, 2.05) is 31.1 Å². The molecule has 0 N–H and O–H groups in total. The Morgan fingerprint density at radius 1 is 1.11 bits per heavy atom. The van der Waals surface area contributed by atoms with E-state index in [1.165, 1.54) is 11.5 Å². The lowest BCUT2D eigenvalue weighted by molar-refractivity contribution is 0.0677. The monoisotopic (exact) mass is 371 g/mol. The smallest absolute Gasteiger partial charge is 0.274 e. The van der Waals surface area contributed by atoms with Gasteiger partial charge < -0.3 is 14.2 Å². The zero-order chi connectivity index (χ0) is 19.0. The summed E-state index contributed by atoms with van der Waals surface area (Å²) in [6.07, 6.45) is 6.02. The normalized spacial score (nSPS) is 19.6. The maximum Gasteiger partial charge on any atom is 0.274 e. The number of ether oxygens (including phenoxy) is 1. The molecule has 146 valence electrons. The van der Waals surface area contributed by atoms with E-state index in [-0.39, 0.29) is 5.91 Å². The molecular formula is C20H29N5O2. The molecule has 0 radical (unpaired) electrons. The van der Waals surface area contributed by atoms with Gasteiger partial charge in [-0.1, -0.05) is 0 Å². The lowest BCUT2D eigenvalue weighted by Crippen LogP contribution is -2.39. The van der Waals surface area contributed by atoms with Gasteiger partial charge in [-0.3, -0.25) is 9.48 Å². The van der Waals surface area contributed by atoms with E-state index >= 15 is 0 Å². The van der Waals surface area contributed by atoms with E-state index in [0.717, 1.165) is 57.7 Å². The molecule has 4 rings (SSSR count). The van der Waals surface area contributed by atoms with Gasteiger partial charge in [0.2, 0.25) is 0 Å². The number of hydrogen-bond acceptors (Lipinski definition) is 4. The van der Waals surface area contributed by atoms with Crippen molar-refractivity contribution in [2.45, 2.75) is 51.5 Å². The SMILES string of the molecule is Cc1cc(C(=O)N2CCC(n3c(C)cnc3C3CCOCC3)CC2)nn1C. The summed E-state index contributed by atoms with van der Waals surface area (Å²) in [4.78, 5) is 19.4. The van der Waals surface area contributed by atoms with Crippen LogP contribution in [0.4, 0.5) is 0 Å². The van der Waals surface area contributed by atoms with Crippen LogP contribution < -0.4 is 0 Å². The molecule has 0 aliphatic carbocycles. The molecule has 0 bridgehead atoms. The van der Waals surface area contributed by atoms with Crippen molar-refractivity contribution in [2.24, 2.45) is 7.05 Å². The highest BCUT2D eigenvalue weighted by molar-refractivity contribution is 5.92. The standard InChI is InChI=1S/C20H29N5O2/c1-14-12-18(22-23(14)3)20(26)24-8-4-17(5-9-24)25-15(2)13-21-19(25)16-6-10-27-11-7-16/h12-13,16-17H,4-11H2,1-3H3. The van der Waals surface area contributed by atoms with Crippen molar-refractivity contribution in [3.63, 3.8) is 0 Å². The largest absolute Gasteiger partial charge is 0.381 e. The quantitative estimate of drug-likeness (QED) is 0.832. The Balaban J connectivity index is 1.45. The highest BCUT2D eigenvalue weighted by atomic mass is 16.5. The summed E-state index contributed by atoms with van der Waals surface area (Å²) in [5, 5.41) is 4.34. The maximum atomic E-state index is 12.8. The lowest BCUT2D eigenvalue weighted by Gasteiger charge is -2.34. The minimum Gasteiger partial charge on any atom is -0.381 e. The van der Waals surface area contributed by atoms with Crippen LogP contribution in [0.25, 0.3) is 0 Å². The fraction of sp³-hybridized carbons (Fsp3) is 0.650. The first kappa shape index (κ1) is 18.2. The zero-order valence-electron chi connectivity index (χ0n) is 16.5. The number of imidazole rings is 1. The number of aryl methyl sites for hydroxylation is 3. The molecule has 0 spiro atoms. The number of hydrogen-bond donors (Lipinski definition) is 0. The summed E-state index contributed by atoms with van der Waals surface area (Å²) in [6, 6.07) is 2.29. The summed E-state index contributed by atoms with van der Waals surface area (Å²) < 4.78 is 9.71. The number of amides is 1. The van der Waals surface area contributed by atoms with Crippen LogP contribution in [0.3, 0.4) is 0 Å². The summed E-state index contributed by atoms with van der Waals surface area (Å²) in [6.45, 7) is 7.30. The molecule has 4 heterocycles. The first-order valence-electron chi connectivity index (χ1n) is 9.96. The van der Waals surface area contributed by atoms with Gasteiger partial charge in [-0.2, -0.15) is 5.10 Å². The van der Waals surface area contributed by atoms with Crippen molar-refractivity contribution in [1.82, 2.24) is 24.2 Å². The third kappa shape index (κ3) is 3.52. The van der Waals surface area contributed by atoms with Crippen molar-refractivity contribution in [3.05, 3.63) is 35.2 Å². The van der Waals surface area contributed by atoms with Crippen LogP contribution in [-0.4, -0.2) is 56.4 Å². The molecule has 2 aromatic heterocycles. The van der Waals surface area contributed by atoms with Gasteiger partial charge in [-0.25, -0.2) is 4.98 Å². The maximum absolute atomic E-state index is 12.8. The van der Waals surface area contributed by atoms with Gasteiger partial charge in [0, 0.05) is 62.9 Å². The van der Waals surface area contributed by atoms with Gasteiger partial charge in [0.25, 0.3) is 5.91 Å². The van der Waals surface area contributed by atoms with Crippen molar-refractivity contribution < 1.29 is 9.53 Å². The van der Waals surface area contributed by atoms with Crippen molar-refractivity contribution >= 4 is 5.91 Å². The topological polar surface area (TPSA) is 65.2 Å². The van der Waals surface area contributed by atoms with Gasteiger partial charge in [0.05, 0.1) is 0 Å². The first-order valence-corrected chi connectivity index (χ1v) is 9.96. The van der Waals surface area contributed by atoms with Gasteiger partial charge in [0.15, 0.2) is 5.69 Å². The molecule has 2 aliphatic heterocycles. The summed E-state index contributed by atoms with van der Waals surface area (Å²) in [5.41, 5.74) is 2.78. The van der Waals surface area contributed by atoms with Crippen LogP contribution in [0.1, 0.15) is 65.3 Å². The molecule has 1 amide bonds. The molecule has 0 atom stereocenters. The molecule has 7 nitrogen and oxygen atoms in total. The van der Waals surface area contributed by atoms with Crippen molar-refractivity contribution in [2.75, 3.05) is 26.3 Å². The van der Waals surface area contributed by atoms with Gasteiger partial charge in [-0.05, 0) is 45.6 Å². The van der Waals surface area contributed by atoms with Crippen molar-refractivity contribution in [3.8, 4) is 0 Å². The molecular weight excluding hydrogens is 342 g/mol. The van der Waals surface area contributed by atoms with Crippen LogP contribution in [0.5, 0.6) is 0 Å². The van der Waals surface area contributed by atoms with Gasteiger partial charge in [-0.15, -0.1) is 0 Å². The fourth-order valence-electron chi connectivity index (χ4n) is 4.35. The molecule has 2 fully saturated rings. The third-order valence-electron chi connectivity index (χ3n) is 6.05. The Hall–Kier alpha value is -2.15. The van der Waals surface area contributed by atoms with E-state index < -0.39 is 0 Å². The molecule has 27 heavy (non-hydrogen) atoms. The Kier molecular flexibility index (Phi) is 5.04. The van der Waals surface area contributed by atoms with E-state index in [9.17, 15) is 4.79 Å². The van der Waals surface area contributed by atoms with Crippen LogP contribution in [0, 0.1) is 13.8 Å². The first-order chi connectivity index (χ1) is 13.0. The zero-order valence-corrected chi connectivity index (χ0v) is 16.5. The van der Waals surface area contributed by atoms with Crippen LogP contribution in [0.15, 0.2) is 12.3 Å². The Morgan fingerprint density at radius 2 is 1.81 bits per heavy atom. The Labute approximate surface area is 160 Å². The third-order valence-corrected chi connectivity index (χ3v) is 6.05. The predicted octanol–water partition coefficient (Wildman–Crippen LogP) is 2.60. The fourth-order valence-corrected chi connectivity index (χ4v) is 4.35. The number of aromatic nitrogens is 4. The van der Waals surface area contributed by atoms with E-state index in [2.05, 4.69) is 16.6 Å². The van der Waals surface area contributed by atoms with Crippen LogP contribution in [0.2, 0.25) is 0 Å². The Bertz CT molecular complexity index is 791. The molecule has 2 aliphatic rings. The minimum absolute atomic E-state index is 0.0455. The van der Waals surface area contributed by atoms with Crippen molar-refractivity contribution in [1.29, 1.82) is 0 Å². The molecule has 2 aromatic rings.